The zero-order chi connectivity index (χ0) is 22.3. The summed E-state index contributed by atoms with van der Waals surface area (Å²) in [6.07, 6.45) is 1.63. The number of hydrogen-bond acceptors (Lipinski definition) is 8. The number of methoxy groups -OCH3 is 2. The molecule has 4 rings (SSSR count). The van der Waals surface area contributed by atoms with E-state index >= 15 is 0 Å². The molecule has 0 aliphatic rings. The highest BCUT2D eigenvalue weighted by molar-refractivity contribution is 7.20. The Kier molecular flexibility index (Phi) is 6.78. The van der Waals surface area contributed by atoms with E-state index in [1.165, 1.54) is 22.7 Å². The standard InChI is InChI=1S/C23H20N4O3S2/c1-29-17-11-6-10-16(20(17)30-2)14-24-27-23-25-19(15-8-4-3-5-9-15)22(32-23)26-21(28)18-12-7-13-31-18/h3-14H,1-2H3,(H,25,27)(H,26,28)/b24-14+. The van der Waals surface area contributed by atoms with Crippen molar-refractivity contribution in [1.82, 2.24) is 4.98 Å². The average Bonchev–Trinajstić information content (AvgIpc) is 3.50. The fraction of sp³-hybridized carbons (Fsp3) is 0.0870. The number of carbonyl (C=O) groups is 1. The van der Waals surface area contributed by atoms with Gasteiger partial charge < -0.3 is 14.8 Å². The minimum atomic E-state index is -0.169. The Morgan fingerprint density at radius 2 is 1.88 bits per heavy atom. The number of hydrazone groups is 1. The number of thiophene rings is 1. The van der Waals surface area contributed by atoms with Crippen LogP contribution in [0.3, 0.4) is 0 Å². The van der Waals surface area contributed by atoms with Crippen LogP contribution in [-0.2, 0) is 0 Å². The Balaban J connectivity index is 1.59. The van der Waals surface area contributed by atoms with Gasteiger partial charge in [-0.15, -0.1) is 11.3 Å². The van der Waals surface area contributed by atoms with Crippen molar-refractivity contribution in [3.8, 4) is 22.8 Å². The van der Waals surface area contributed by atoms with Gasteiger partial charge in [0.15, 0.2) is 11.5 Å². The van der Waals surface area contributed by atoms with Crippen molar-refractivity contribution in [3.63, 3.8) is 0 Å². The van der Waals surface area contributed by atoms with Crippen LogP contribution in [0.2, 0.25) is 0 Å². The second-order valence-electron chi connectivity index (χ2n) is 6.45. The SMILES string of the molecule is COc1cccc(/C=N/Nc2nc(-c3ccccc3)c(NC(=O)c3cccs3)s2)c1OC. The highest BCUT2D eigenvalue weighted by atomic mass is 32.1. The quantitative estimate of drug-likeness (QED) is 0.262. The van der Waals surface area contributed by atoms with Crippen LogP contribution < -0.4 is 20.2 Å². The number of para-hydroxylation sites is 1. The lowest BCUT2D eigenvalue weighted by Crippen LogP contribution is -2.09. The molecule has 2 heterocycles. The normalized spacial score (nSPS) is 10.8. The van der Waals surface area contributed by atoms with Gasteiger partial charge in [0.2, 0.25) is 5.13 Å². The largest absolute Gasteiger partial charge is 0.493 e. The minimum Gasteiger partial charge on any atom is -0.493 e. The third kappa shape index (κ3) is 4.79. The number of hydrogen-bond donors (Lipinski definition) is 2. The summed E-state index contributed by atoms with van der Waals surface area (Å²) in [4.78, 5) is 17.9. The molecule has 2 aromatic carbocycles. The lowest BCUT2D eigenvalue weighted by molar-refractivity contribution is 0.103. The molecule has 0 spiro atoms. The number of thiazole rings is 1. The van der Waals surface area contributed by atoms with Gasteiger partial charge in [-0.1, -0.05) is 53.8 Å². The lowest BCUT2D eigenvalue weighted by atomic mass is 10.2. The minimum absolute atomic E-state index is 0.169. The van der Waals surface area contributed by atoms with Gasteiger partial charge in [-0.25, -0.2) is 4.98 Å². The molecule has 0 unspecified atom stereocenters. The molecule has 7 nitrogen and oxygen atoms in total. The first-order valence-electron chi connectivity index (χ1n) is 9.60. The van der Waals surface area contributed by atoms with Gasteiger partial charge in [0, 0.05) is 11.1 Å². The highest BCUT2D eigenvalue weighted by Crippen LogP contribution is 2.36. The third-order valence-electron chi connectivity index (χ3n) is 4.44. The molecule has 0 fully saturated rings. The second kappa shape index (κ2) is 10.1. The van der Waals surface area contributed by atoms with Crippen LogP contribution in [0.25, 0.3) is 11.3 Å². The predicted molar refractivity (Wildman–Crippen MR) is 131 cm³/mol. The molecule has 2 aromatic heterocycles. The summed E-state index contributed by atoms with van der Waals surface area (Å²) in [7, 11) is 3.17. The summed E-state index contributed by atoms with van der Waals surface area (Å²) in [6, 6.07) is 18.9. The molecule has 0 bridgehead atoms. The van der Waals surface area contributed by atoms with Crippen LogP contribution in [0.1, 0.15) is 15.2 Å². The fourth-order valence-electron chi connectivity index (χ4n) is 2.99. The van der Waals surface area contributed by atoms with E-state index in [-0.39, 0.29) is 5.91 Å². The van der Waals surface area contributed by atoms with E-state index in [1.807, 2.05) is 60.0 Å². The fourth-order valence-corrected chi connectivity index (χ4v) is 4.44. The van der Waals surface area contributed by atoms with Crippen molar-refractivity contribution in [1.29, 1.82) is 0 Å². The first-order chi connectivity index (χ1) is 15.7. The van der Waals surface area contributed by atoms with Crippen molar-refractivity contribution in [2.45, 2.75) is 0 Å². The zero-order valence-corrected chi connectivity index (χ0v) is 19.0. The molecule has 162 valence electrons. The number of anilines is 2. The summed E-state index contributed by atoms with van der Waals surface area (Å²) in [5.74, 6) is 1.04. The number of ether oxygens (including phenoxy) is 2. The van der Waals surface area contributed by atoms with E-state index in [0.717, 1.165) is 11.1 Å². The Hall–Kier alpha value is -3.69. The van der Waals surface area contributed by atoms with Crippen molar-refractivity contribution in [3.05, 3.63) is 76.5 Å². The van der Waals surface area contributed by atoms with Crippen molar-refractivity contribution in [2.75, 3.05) is 25.0 Å². The Morgan fingerprint density at radius 3 is 2.59 bits per heavy atom. The molecule has 0 atom stereocenters. The van der Waals surface area contributed by atoms with Crippen LogP contribution >= 0.6 is 22.7 Å². The molecule has 0 saturated carbocycles. The summed E-state index contributed by atoms with van der Waals surface area (Å²) in [5.41, 5.74) is 5.28. The van der Waals surface area contributed by atoms with E-state index in [0.29, 0.717) is 32.2 Å². The lowest BCUT2D eigenvalue weighted by Gasteiger charge is -2.09. The molecule has 0 aliphatic heterocycles. The van der Waals surface area contributed by atoms with E-state index < -0.39 is 0 Å². The first kappa shape index (κ1) is 21.5. The number of nitrogens with one attached hydrogen (secondary N) is 2. The summed E-state index contributed by atoms with van der Waals surface area (Å²) in [5, 5.41) is 10.3. The molecule has 0 aliphatic carbocycles. The average molecular weight is 465 g/mol. The van der Waals surface area contributed by atoms with Crippen molar-refractivity contribution >= 4 is 44.9 Å². The first-order valence-corrected chi connectivity index (χ1v) is 11.3. The maximum Gasteiger partial charge on any atom is 0.266 e. The van der Waals surface area contributed by atoms with E-state index in [1.54, 1.807) is 26.5 Å². The van der Waals surface area contributed by atoms with Gasteiger partial charge in [-0.05, 0) is 23.6 Å². The monoisotopic (exact) mass is 464 g/mol. The predicted octanol–water partition coefficient (Wildman–Crippen LogP) is 5.59. The maximum absolute atomic E-state index is 12.6. The zero-order valence-electron chi connectivity index (χ0n) is 17.4. The van der Waals surface area contributed by atoms with Crippen LogP contribution in [0.15, 0.2) is 71.1 Å². The van der Waals surface area contributed by atoms with Gasteiger partial charge in [0.05, 0.1) is 25.3 Å². The highest BCUT2D eigenvalue weighted by Gasteiger charge is 2.17. The van der Waals surface area contributed by atoms with Crippen molar-refractivity contribution in [2.24, 2.45) is 5.10 Å². The molecular formula is C23H20N4O3S2. The van der Waals surface area contributed by atoms with Crippen LogP contribution in [0, 0.1) is 0 Å². The number of rotatable bonds is 8. The second-order valence-corrected chi connectivity index (χ2v) is 8.39. The number of aromatic nitrogens is 1. The number of nitrogens with zero attached hydrogens (tertiary/aromatic N) is 2. The molecule has 9 heteroatoms. The van der Waals surface area contributed by atoms with Gasteiger partial charge in [-0.2, -0.15) is 5.10 Å². The summed E-state index contributed by atoms with van der Waals surface area (Å²) in [6.45, 7) is 0. The molecule has 0 saturated heterocycles. The number of amides is 1. The Bertz CT molecular complexity index is 1220. The van der Waals surface area contributed by atoms with Crippen LogP contribution in [0.5, 0.6) is 11.5 Å². The molecule has 32 heavy (non-hydrogen) atoms. The van der Waals surface area contributed by atoms with Gasteiger partial charge in [-0.3, -0.25) is 10.2 Å². The van der Waals surface area contributed by atoms with E-state index in [4.69, 9.17) is 9.47 Å². The molecule has 2 N–H and O–H groups in total. The van der Waals surface area contributed by atoms with Crippen molar-refractivity contribution < 1.29 is 14.3 Å². The number of benzene rings is 2. The summed E-state index contributed by atoms with van der Waals surface area (Å²) >= 11 is 2.70. The van der Waals surface area contributed by atoms with E-state index in [2.05, 4.69) is 20.8 Å². The smallest absolute Gasteiger partial charge is 0.266 e. The molecule has 1 amide bonds. The Morgan fingerprint density at radius 1 is 1.03 bits per heavy atom. The van der Waals surface area contributed by atoms with Gasteiger partial charge >= 0.3 is 0 Å². The topological polar surface area (TPSA) is 84.8 Å². The Labute approximate surface area is 193 Å². The molecule has 0 radical (unpaired) electrons. The molecular weight excluding hydrogens is 444 g/mol. The van der Waals surface area contributed by atoms with E-state index in [9.17, 15) is 4.79 Å². The number of carbonyl (C=O) groups excluding carboxylic acids is 1. The summed E-state index contributed by atoms with van der Waals surface area (Å²) < 4.78 is 10.7. The van der Waals surface area contributed by atoms with Crippen LogP contribution in [0.4, 0.5) is 10.1 Å². The van der Waals surface area contributed by atoms with Crippen LogP contribution in [-0.4, -0.2) is 31.3 Å². The molecule has 4 aromatic rings. The third-order valence-corrected chi connectivity index (χ3v) is 6.19. The maximum atomic E-state index is 12.6. The van der Waals surface area contributed by atoms with Gasteiger partial charge in [0.1, 0.15) is 10.7 Å². The van der Waals surface area contributed by atoms with Gasteiger partial charge in [0.25, 0.3) is 5.91 Å².